The first kappa shape index (κ1) is 18.7. The van der Waals surface area contributed by atoms with Gasteiger partial charge >= 0.3 is 12.0 Å². The standard InChI is InChI=1S/C16H20ClN5O3/c1-11(2)25-15(23)12-4-5-13(17)14(8-12)21-16(24)18-6-3-7-22-9-19-20-10-22/h4-5,8-11H,3,6-7H2,1-2H3,(H2,18,21,24). The number of carbonyl (C=O) groups excluding carboxylic acids is 2. The van der Waals surface area contributed by atoms with Crippen LogP contribution in [0.25, 0.3) is 0 Å². The van der Waals surface area contributed by atoms with Crippen LogP contribution in [0.1, 0.15) is 30.6 Å². The molecule has 134 valence electrons. The maximum atomic E-state index is 12.0. The number of hydrogen-bond acceptors (Lipinski definition) is 5. The zero-order valence-electron chi connectivity index (χ0n) is 14.0. The van der Waals surface area contributed by atoms with Crippen molar-refractivity contribution in [3.63, 3.8) is 0 Å². The lowest BCUT2D eigenvalue weighted by molar-refractivity contribution is 0.0378. The van der Waals surface area contributed by atoms with E-state index >= 15 is 0 Å². The Morgan fingerprint density at radius 1 is 1.28 bits per heavy atom. The number of benzene rings is 1. The molecule has 2 amide bonds. The van der Waals surface area contributed by atoms with Crippen molar-refractivity contribution < 1.29 is 14.3 Å². The maximum absolute atomic E-state index is 12.0. The molecule has 0 saturated heterocycles. The molecular weight excluding hydrogens is 346 g/mol. The summed E-state index contributed by atoms with van der Waals surface area (Å²) < 4.78 is 6.95. The zero-order chi connectivity index (χ0) is 18.2. The Balaban J connectivity index is 1.85. The van der Waals surface area contributed by atoms with E-state index in [9.17, 15) is 9.59 Å². The summed E-state index contributed by atoms with van der Waals surface area (Å²) in [7, 11) is 0. The number of hydrogen-bond donors (Lipinski definition) is 2. The van der Waals surface area contributed by atoms with Gasteiger partial charge in [0.15, 0.2) is 0 Å². The Morgan fingerprint density at radius 3 is 2.68 bits per heavy atom. The van der Waals surface area contributed by atoms with E-state index in [0.29, 0.717) is 29.4 Å². The van der Waals surface area contributed by atoms with Gasteiger partial charge in [-0.05, 0) is 38.5 Å². The highest BCUT2D eigenvalue weighted by atomic mass is 35.5. The molecule has 0 atom stereocenters. The fraction of sp³-hybridized carbons (Fsp3) is 0.375. The van der Waals surface area contributed by atoms with Crippen LogP contribution in [0, 0.1) is 0 Å². The molecule has 0 unspecified atom stereocenters. The predicted molar refractivity (Wildman–Crippen MR) is 93.7 cm³/mol. The largest absolute Gasteiger partial charge is 0.459 e. The summed E-state index contributed by atoms with van der Waals surface area (Å²) in [5, 5.41) is 13.1. The first-order chi connectivity index (χ1) is 12.0. The number of urea groups is 1. The van der Waals surface area contributed by atoms with Crippen LogP contribution in [0.15, 0.2) is 30.9 Å². The second kappa shape index (κ2) is 9.03. The normalized spacial score (nSPS) is 10.6. The minimum absolute atomic E-state index is 0.228. The molecule has 2 aromatic rings. The number of amides is 2. The van der Waals surface area contributed by atoms with Crippen molar-refractivity contribution in [2.24, 2.45) is 0 Å². The number of halogens is 1. The Morgan fingerprint density at radius 2 is 2.00 bits per heavy atom. The lowest BCUT2D eigenvalue weighted by atomic mass is 10.2. The minimum Gasteiger partial charge on any atom is -0.459 e. The third-order valence-electron chi connectivity index (χ3n) is 3.14. The van der Waals surface area contributed by atoms with Crippen LogP contribution in [-0.2, 0) is 11.3 Å². The van der Waals surface area contributed by atoms with E-state index in [0.717, 1.165) is 6.42 Å². The van der Waals surface area contributed by atoms with Gasteiger partial charge in [-0.15, -0.1) is 10.2 Å². The summed E-state index contributed by atoms with van der Waals surface area (Å²) in [5.41, 5.74) is 0.664. The average molecular weight is 366 g/mol. The topological polar surface area (TPSA) is 98.1 Å². The molecule has 2 N–H and O–H groups in total. The quantitative estimate of drug-likeness (QED) is 0.580. The summed E-state index contributed by atoms with van der Waals surface area (Å²) in [5.74, 6) is -0.468. The monoisotopic (exact) mass is 365 g/mol. The number of rotatable bonds is 7. The van der Waals surface area contributed by atoms with Crippen LogP contribution in [-0.4, -0.2) is 39.4 Å². The Labute approximate surface area is 150 Å². The van der Waals surface area contributed by atoms with Gasteiger partial charge in [-0.2, -0.15) is 0 Å². The molecule has 9 heteroatoms. The van der Waals surface area contributed by atoms with E-state index in [1.165, 1.54) is 6.07 Å². The number of aromatic nitrogens is 3. The summed E-state index contributed by atoms with van der Waals surface area (Å²) in [6, 6.07) is 4.18. The fourth-order valence-corrected chi connectivity index (χ4v) is 2.16. The highest BCUT2D eigenvalue weighted by Gasteiger charge is 2.13. The van der Waals surface area contributed by atoms with Gasteiger partial charge in [-0.3, -0.25) is 0 Å². The van der Waals surface area contributed by atoms with Crippen LogP contribution < -0.4 is 10.6 Å². The highest BCUT2D eigenvalue weighted by Crippen LogP contribution is 2.23. The van der Waals surface area contributed by atoms with E-state index in [4.69, 9.17) is 16.3 Å². The van der Waals surface area contributed by atoms with E-state index in [-0.39, 0.29) is 6.10 Å². The van der Waals surface area contributed by atoms with E-state index < -0.39 is 12.0 Å². The van der Waals surface area contributed by atoms with Crippen LogP contribution in [0.3, 0.4) is 0 Å². The molecular formula is C16H20ClN5O3. The minimum atomic E-state index is -0.468. The Bertz CT molecular complexity index is 719. The average Bonchev–Trinajstić information content (AvgIpc) is 3.06. The second-order valence-corrected chi connectivity index (χ2v) is 5.99. The van der Waals surface area contributed by atoms with E-state index in [1.807, 2.05) is 4.57 Å². The Kier molecular flexibility index (Phi) is 6.76. The maximum Gasteiger partial charge on any atom is 0.338 e. The van der Waals surface area contributed by atoms with Crippen molar-refractivity contribution in [1.29, 1.82) is 0 Å². The molecule has 0 fully saturated rings. The molecule has 25 heavy (non-hydrogen) atoms. The Hall–Kier alpha value is -2.61. The third kappa shape index (κ3) is 6.07. The number of nitrogens with zero attached hydrogens (tertiary/aromatic N) is 3. The molecule has 1 heterocycles. The SMILES string of the molecule is CC(C)OC(=O)c1ccc(Cl)c(NC(=O)NCCCn2cnnc2)c1. The molecule has 1 aromatic carbocycles. The zero-order valence-corrected chi connectivity index (χ0v) is 14.8. The molecule has 0 radical (unpaired) electrons. The van der Waals surface area contributed by atoms with Gasteiger partial charge in [0.25, 0.3) is 0 Å². The molecule has 0 bridgehead atoms. The van der Waals surface area contributed by atoms with Gasteiger partial charge in [0.2, 0.25) is 0 Å². The van der Waals surface area contributed by atoms with Crippen molar-refractivity contribution in [3.8, 4) is 0 Å². The van der Waals surface area contributed by atoms with Gasteiger partial charge in [0.05, 0.1) is 22.4 Å². The van der Waals surface area contributed by atoms with Crippen molar-refractivity contribution in [2.45, 2.75) is 32.9 Å². The molecule has 0 aliphatic carbocycles. The highest BCUT2D eigenvalue weighted by molar-refractivity contribution is 6.33. The molecule has 2 rings (SSSR count). The molecule has 1 aromatic heterocycles. The van der Waals surface area contributed by atoms with Crippen molar-refractivity contribution in [1.82, 2.24) is 20.1 Å². The molecule has 0 aliphatic rings. The molecule has 0 spiro atoms. The van der Waals surface area contributed by atoms with E-state index in [2.05, 4.69) is 20.8 Å². The molecule has 0 saturated carbocycles. The van der Waals surface area contributed by atoms with Crippen molar-refractivity contribution in [3.05, 3.63) is 41.4 Å². The number of ether oxygens (including phenoxy) is 1. The second-order valence-electron chi connectivity index (χ2n) is 5.58. The molecule has 0 aliphatic heterocycles. The number of carbonyl (C=O) groups is 2. The summed E-state index contributed by atoms with van der Waals surface area (Å²) in [6.45, 7) is 4.70. The fourth-order valence-electron chi connectivity index (χ4n) is 2.00. The van der Waals surface area contributed by atoms with Gasteiger partial charge in [0, 0.05) is 13.1 Å². The number of nitrogens with one attached hydrogen (secondary N) is 2. The van der Waals surface area contributed by atoms with Crippen molar-refractivity contribution in [2.75, 3.05) is 11.9 Å². The number of esters is 1. The lowest BCUT2D eigenvalue weighted by Gasteiger charge is -2.12. The van der Waals surface area contributed by atoms with Gasteiger partial charge in [-0.25, -0.2) is 9.59 Å². The first-order valence-corrected chi connectivity index (χ1v) is 8.21. The van der Waals surface area contributed by atoms with Gasteiger partial charge < -0.3 is 19.9 Å². The number of anilines is 1. The van der Waals surface area contributed by atoms with Gasteiger partial charge in [0.1, 0.15) is 12.7 Å². The summed E-state index contributed by atoms with van der Waals surface area (Å²) in [6.07, 6.45) is 3.72. The van der Waals surface area contributed by atoms with Crippen LogP contribution >= 0.6 is 11.6 Å². The van der Waals surface area contributed by atoms with Crippen LogP contribution in [0.4, 0.5) is 10.5 Å². The predicted octanol–water partition coefficient (Wildman–Crippen LogP) is 2.71. The van der Waals surface area contributed by atoms with Crippen LogP contribution in [0.5, 0.6) is 0 Å². The van der Waals surface area contributed by atoms with Crippen molar-refractivity contribution >= 4 is 29.3 Å². The summed E-state index contributed by atoms with van der Waals surface area (Å²) >= 11 is 6.07. The third-order valence-corrected chi connectivity index (χ3v) is 3.47. The van der Waals surface area contributed by atoms with Crippen LogP contribution in [0.2, 0.25) is 5.02 Å². The smallest absolute Gasteiger partial charge is 0.338 e. The van der Waals surface area contributed by atoms with E-state index in [1.54, 1.807) is 38.6 Å². The summed E-state index contributed by atoms with van der Waals surface area (Å²) in [4.78, 5) is 23.9. The first-order valence-electron chi connectivity index (χ1n) is 7.83. The molecule has 8 nitrogen and oxygen atoms in total. The van der Waals surface area contributed by atoms with Gasteiger partial charge in [-0.1, -0.05) is 11.6 Å². The number of aryl methyl sites for hydroxylation is 1. The lowest BCUT2D eigenvalue weighted by Crippen LogP contribution is -2.30.